The second-order valence-electron chi connectivity index (χ2n) is 6.56. The lowest BCUT2D eigenvalue weighted by molar-refractivity contribution is -0.120. The summed E-state index contributed by atoms with van der Waals surface area (Å²) in [5.41, 5.74) is 1.48. The number of nitrogens with zero attached hydrogens (tertiary/aromatic N) is 1. The molecule has 0 atom stereocenters. The maximum Gasteiger partial charge on any atom is 0.233 e. The number of carbonyl (C=O) groups excluding carboxylic acids is 1. The Hall–Kier alpha value is -1.10. The quantitative estimate of drug-likeness (QED) is 0.670. The average Bonchev–Trinajstić information content (AvgIpc) is 2.57. The van der Waals surface area contributed by atoms with Gasteiger partial charge in [-0.1, -0.05) is 30.3 Å². The number of likely N-dealkylation sites (tertiary alicyclic amines) is 1. The van der Waals surface area contributed by atoms with Crippen LogP contribution in [0.4, 0.5) is 0 Å². The summed E-state index contributed by atoms with van der Waals surface area (Å²) in [6.45, 7) is 4.83. The number of nitrogens with one attached hydrogen (secondary N) is 2. The summed E-state index contributed by atoms with van der Waals surface area (Å²) in [5, 5.41) is 5.80. The van der Waals surface area contributed by atoms with Crippen LogP contribution >= 0.6 is 12.4 Å². The molecule has 0 radical (unpaired) electrons. The number of halogens is 1. The first kappa shape index (κ1) is 20.9. The molecule has 2 N–H and O–H groups in total. The highest BCUT2D eigenvalue weighted by atomic mass is 35.5. The molecule has 0 aromatic heterocycles. The van der Waals surface area contributed by atoms with E-state index in [1.54, 1.807) is 7.05 Å². The van der Waals surface area contributed by atoms with Gasteiger partial charge in [-0.15, -0.1) is 12.4 Å². The van der Waals surface area contributed by atoms with Crippen LogP contribution in [-0.4, -0.2) is 50.6 Å². The molecule has 0 spiro atoms. The molecule has 1 aromatic carbocycles. The first-order valence-corrected chi connectivity index (χ1v) is 8.95. The zero-order chi connectivity index (χ0) is 16.3. The van der Waals surface area contributed by atoms with Gasteiger partial charge in [0.05, 0.1) is 6.54 Å². The molecule has 1 fully saturated rings. The molecule has 24 heavy (non-hydrogen) atoms. The molecule has 1 heterocycles. The molecule has 0 bridgehead atoms. The highest BCUT2D eigenvalue weighted by Crippen LogP contribution is 2.21. The summed E-state index contributed by atoms with van der Waals surface area (Å²) in [6, 6.07) is 10.9. The molecule has 0 saturated carbocycles. The topological polar surface area (TPSA) is 44.4 Å². The van der Waals surface area contributed by atoms with Gasteiger partial charge in [-0.05, 0) is 70.3 Å². The minimum absolute atomic E-state index is 0. The largest absolute Gasteiger partial charge is 0.355 e. The van der Waals surface area contributed by atoms with E-state index < -0.39 is 0 Å². The predicted octanol–water partition coefficient (Wildman–Crippen LogP) is 2.48. The molecular formula is C19H32ClN3O. The van der Waals surface area contributed by atoms with Crippen LogP contribution in [-0.2, 0) is 11.2 Å². The number of hydrogen-bond acceptors (Lipinski definition) is 3. The van der Waals surface area contributed by atoms with Crippen LogP contribution in [0.1, 0.15) is 31.2 Å². The standard InChI is InChI=1S/C19H31N3O.ClH/c1-20-16-19(23)21-11-5-6-12-22-13-9-18(10-14-22)15-17-7-3-2-4-8-17;/h2-4,7-8,18,20H,5-6,9-16H2,1H3,(H,21,23);1H. The third-order valence-electron chi connectivity index (χ3n) is 4.63. The lowest BCUT2D eigenvalue weighted by atomic mass is 9.90. The fraction of sp³-hybridized carbons (Fsp3) is 0.632. The van der Waals surface area contributed by atoms with E-state index in [0.717, 1.165) is 18.9 Å². The number of rotatable bonds is 9. The lowest BCUT2D eigenvalue weighted by Crippen LogP contribution is -2.36. The Morgan fingerprint density at radius 3 is 2.54 bits per heavy atom. The van der Waals surface area contributed by atoms with E-state index in [2.05, 4.69) is 45.9 Å². The van der Waals surface area contributed by atoms with Gasteiger partial charge in [0.25, 0.3) is 0 Å². The highest BCUT2D eigenvalue weighted by Gasteiger charge is 2.18. The molecule has 1 saturated heterocycles. The van der Waals surface area contributed by atoms with Crippen LogP contribution in [0.3, 0.4) is 0 Å². The van der Waals surface area contributed by atoms with E-state index in [-0.39, 0.29) is 18.3 Å². The van der Waals surface area contributed by atoms with Crippen molar-refractivity contribution in [2.24, 2.45) is 5.92 Å². The Bertz CT molecular complexity index is 447. The summed E-state index contributed by atoms with van der Waals surface area (Å²) in [6.07, 6.45) is 6.09. The van der Waals surface area contributed by atoms with Crippen LogP contribution in [0.2, 0.25) is 0 Å². The molecule has 4 nitrogen and oxygen atoms in total. The maximum atomic E-state index is 11.3. The van der Waals surface area contributed by atoms with Crippen molar-refractivity contribution in [3.05, 3.63) is 35.9 Å². The van der Waals surface area contributed by atoms with E-state index in [1.807, 2.05) is 0 Å². The molecule has 1 aliphatic rings. The van der Waals surface area contributed by atoms with Gasteiger partial charge in [-0.25, -0.2) is 0 Å². The second kappa shape index (κ2) is 12.3. The monoisotopic (exact) mass is 353 g/mol. The van der Waals surface area contributed by atoms with Crippen molar-refractivity contribution in [2.75, 3.05) is 39.8 Å². The summed E-state index contributed by atoms with van der Waals surface area (Å²) in [5.74, 6) is 0.934. The average molecular weight is 354 g/mol. The Morgan fingerprint density at radius 2 is 1.88 bits per heavy atom. The Labute approximate surface area is 152 Å². The van der Waals surface area contributed by atoms with Gasteiger partial charge in [0.1, 0.15) is 0 Å². The Kier molecular flexibility index (Phi) is 10.7. The van der Waals surface area contributed by atoms with Crippen LogP contribution in [0.5, 0.6) is 0 Å². The smallest absolute Gasteiger partial charge is 0.233 e. The molecular weight excluding hydrogens is 322 g/mol. The number of unbranched alkanes of at least 4 members (excludes halogenated alkanes) is 1. The third-order valence-corrected chi connectivity index (χ3v) is 4.63. The molecule has 5 heteroatoms. The number of hydrogen-bond donors (Lipinski definition) is 2. The Morgan fingerprint density at radius 1 is 1.17 bits per heavy atom. The zero-order valence-corrected chi connectivity index (χ0v) is 15.6. The van der Waals surface area contributed by atoms with Crippen LogP contribution < -0.4 is 10.6 Å². The van der Waals surface area contributed by atoms with Gasteiger partial charge in [0.15, 0.2) is 0 Å². The number of piperidine rings is 1. The van der Waals surface area contributed by atoms with Gasteiger partial charge in [0.2, 0.25) is 5.91 Å². The number of amides is 1. The van der Waals surface area contributed by atoms with Crippen molar-refractivity contribution in [1.82, 2.24) is 15.5 Å². The summed E-state index contributed by atoms with van der Waals surface area (Å²) in [7, 11) is 1.79. The van der Waals surface area contributed by atoms with Crippen molar-refractivity contribution < 1.29 is 4.79 Å². The normalized spacial score (nSPS) is 15.7. The molecule has 0 aliphatic carbocycles. The van der Waals surface area contributed by atoms with E-state index in [4.69, 9.17) is 0 Å². The van der Waals surface area contributed by atoms with E-state index in [1.165, 1.54) is 50.9 Å². The fourth-order valence-corrected chi connectivity index (χ4v) is 3.27. The fourth-order valence-electron chi connectivity index (χ4n) is 3.27. The molecule has 136 valence electrons. The van der Waals surface area contributed by atoms with Crippen LogP contribution in [0.25, 0.3) is 0 Å². The van der Waals surface area contributed by atoms with Crippen molar-refractivity contribution >= 4 is 18.3 Å². The van der Waals surface area contributed by atoms with Gasteiger partial charge >= 0.3 is 0 Å². The first-order chi connectivity index (χ1) is 11.3. The predicted molar refractivity (Wildman–Crippen MR) is 103 cm³/mol. The number of carbonyl (C=O) groups is 1. The van der Waals surface area contributed by atoms with E-state index in [0.29, 0.717) is 6.54 Å². The highest BCUT2D eigenvalue weighted by molar-refractivity contribution is 5.85. The lowest BCUT2D eigenvalue weighted by Gasteiger charge is -2.32. The molecule has 1 aliphatic heterocycles. The van der Waals surface area contributed by atoms with Crippen molar-refractivity contribution in [3.8, 4) is 0 Å². The van der Waals surface area contributed by atoms with Crippen LogP contribution in [0, 0.1) is 5.92 Å². The van der Waals surface area contributed by atoms with Gasteiger partial charge < -0.3 is 15.5 Å². The Balaban J connectivity index is 0.00000288. The minimum atomic E-state index is 0. The molecule has 1 amide bonds. The summed E-state index contributed by atoms with van der Waals surface area (Å²) < 4.78 is 0. The summed E-state index contributed by atoms with van der Waals surface area (Å²) in [4.78, 5) is 13.9. The molecule has 0 unspecified atom stereocenters. The van der Waals surface area contributed by atoms with Gasteiger partial charge in [0, 0.05) is 6.54 Å². The second-order valence-corrected chi connectivity index (χ2v) is 6.56. The van der Waals surface area contributed by atoms with E-state index in [9.17, 15) is 4.79 Å². The maximum absolute atomic E-state index is 11.3. The van der Waals surface area contributed by atoms with Gasteiger partial charge in [-0.2, -0.15) is 0 Å². The summed E-state index contributed by atoms with van der Waals surface area (Å²) >= 11 is 0. The third kappa shape index (κ3) is 8.13. The minimum Gasteiger partial charge on any atom is -0.355 e. The molecule has 1 aromatic rings. The van der Waals surface area contributed by atoms with Crippen LogP contribution in [0.15, 0.2) is 30.3 Å². The number of likely N-dealkylation sites (N-methyl/N-ethyl adjacent to an activating group) is 1. The molecule has 2 rings (SSSR count). The van der Waals surface area contributed by atoms with Crippen molar-refractivity contribution in [3.63, 3.8) is 0 Å². The SMILES string of the molecule is CNCC(=O)NCCCCN1CCC(Cc2ccccc2)CC1.Cl. The zero-order valence-electron chi connectivity index (χ0n) is 14.8. The van der Waals surface area contributed by atoms with Gasteiger partial charge in [-0.3, -0.25) is 4.79 Å². The number of benzene rings is 1. The van der Waals surface area contributed by atoms with Crippen molar-refractivity contribution in [2.45, 2.75) is 32.1 Å². The van der Waals surface area contributed by atoms with Crippen molar-refractivity contribution in [1.29, 1.82) is 0 Å². The first-order valence-electron chi connectivity index (χ1n) is 8.95. The van der Waals surface area contributed by atoms with E-state index >= 15 is 0 Å².